The third-order valence-electron chi connectivity index (χ3n) is 4.08. The Morgan fingerprint density at radius 2 is 1.80 bits per heavy atom. The van der Waals surface area contributed by atoms with Crippen LogP contribution in [-0.2, 0) is 15.6 Å². The second-order valence-electron chi connectivity index (χ2n) is 6.07. The van der Waals surface area contributed by atoms with Crippen molar-refractivity contribution in [2.24, 2.45) is 0 Å². The van der Waals surface area contributed by atoms with Crippen LogP contribution in [0.2, 0.25) is 0 Å². The van der Waals surface area contributed by atoms with E-state index in [2.05, 4.69) is 10.6 Å². The van der Waals surface area contributed by atoms with Crippen molar-refractivity contribution in [2.75, 3.05) is 4.72 Å². The molecule has 2 aromatic rings. The number of hydrogen-bond acceptors (Lipinski definition) is 3. The van der Waals surface area contributed by atoms with Crippen LogP contribution in [0.1, 0.15) is 37.3 Å². The van der Waals surface area contributed by atoms with Gasteiger partial charge in [-0.2, -0.15) is 0 Å². The number of nitrogens with one attached hydrogen (secondary N) is 1. The van der Waals surface area contributed by atoms with Gasteiger partial charge in [-0.1, -0.05) is 55.2 Å². The van der Waals surface area contributed by atoms with Gasteiger partial charge in [0, 0.05) is 5.56 Å². The molecule has 0 heterocycles. The summed E-state index contributed by atoms with van der Waals surface area (Å²) in [4.78, 5) is 0.158. The van der Waals surface area contributed by atoms with Crippen molar-refractivity contribution in [3.05, 3.63) is 59.7 Å². The fourth-order valence-corrected chi connectivity index (χ4v) is 3.65. The average Bonchev–Trinajstić information content (AvgIpc) is 2.60. The van der Waals surface area contributed by atoms with Gasteiger partial charge in [0.05, 0.1) is 10.6 Å². The van der Waals surface area contributed by atoms with E-state index in [-0.39, 0.29) is 4.90 Å². The van der Waals surface area contributed by atoms with Crippen LogP contribution >= 0.6 is 0 Å². The molecular formula is C20H23NO3S. The van der Waals surface area contributed by atoms with Crippen molar-refractivity contribution >= 4 is 15.7 Å². The Hall–Kier alpha value is -2.29. The zero-order chi connectivity index (χ0) is 18.5. The van der Waals surface area contributed by atoms with Crippen LogP contribution in [0.4, 0.5) is 5.69 Å². The second-order valence-corrected chi connectivity index (χ2v) is 7.75. The van der Waals surface area contributed by atoms with Gasteiger partial charge in [-0.3, -0.25) is 4.72 Å². The van der Waals surface area contributed by atoms with Crippen molar-refractivity contribution in [1.29, 1.82) is 0 Å². The van der Waals surface area contributed by atoms with Crippen LogP contribution in [0, 0.1) is 19.3 Å². The first-order valence-corrected chi connectivity index (χ1v) is 9.70. The zero-order valence-corrected chi connectivity index (χ0v) is 15.3. The minimum atomic E-state index is -3.77. The van der Waals surface area contributed by atoms with E-state index in [0.717, 1.165) is 18.4 Å². The Labute approximate surface area is 150 Å². The Morgan fingerprint density at radius 1 is 1.16 bits per heavy atom. The number of aliphatic hydroxyl groups is 1. The van der Waals surface area contributed by atoms with E-state index in [0.29, 0.717) is 17.7 Å². The van der Waals surface area contributed by atoms with E-state index in [1.807, 2.05) is 13.8 Å². The predicted octanol–water partition coefficient (Wildman–Crippen LogP) is 3.81. The first kappa shape index (κ1) is 19.0. The van der Waals surface area contributed by atoms with Gasteiger partial charge >= 0.3 is 0 Å². The lowest BCUT2D eigenvalue weighted by molar-refractivity contribution is 0.0885. The molecule has 0 saturated heterocycles. The van der Waals surface area contributed by atoms with Gasteiger partial charge in [0.25, 0.3) is 10.0 Å². The van der Waals surface area contributed by atoms with E-state index >= 15 is 0 Å². The number of unbranched alkanes of at least 4 members (excludes halogenated alkanes) is 1. The highest BCUT2D eigenvalue weighted by Crippen LogP contribution is 2.33. The van der Waals surface area contributed by atoms with Gasteiger partial charge in [0.2, 0.25) is 0 Å². The molecule has 0 spiro atoms. The first-order valence-electron chi connectivity index (χ1n) is 8.21. The standard InChI is InChI=1S/C20H23NO3S/c1-4-6-15-20(22,5-2)18-9-7-8-10-19(18)21-25(23,24)17-13-11-16(3)12-14-17/h2,7-14,21-22H,4,6,15H2,1,3H3. The first-order chi connectivity index (χ1) is 11.8. The molecule has 0 aliphatic rings. The molecule has 0 radical (unpaired) electrons. The molecule has 5 heteroatoms. The number of rotatable bonds is 7. The molecular weight excluding hydrogens is 334 g/mol. The van der Waals surface area contributed by atoms with Gasteiger partial charge in [-0.05, 0) is 38.0 Å². The van der Waals surface area contributed by atoms with Crippen LogP contribution in [0.3, 0.4) is 0 Å². The van der Waals surface area contributed by atoms with E-state index in [1.54, 1.807) is 48.5 Å². The normalized spacial score (nSPS) is 13.7. The minimum absolute atomic E-state index is 0.158. The van der Waals surface area contributed by atoms with Crippen LogP contribution in [0.5, 0.6) is 0 Å². The lowest BCUT2D eigenvalue weighted by Gasteiger charge is -2.25. The van der Waals surface area contributed by atoms with Crippen LogP contribution < -0.4 is 4.72 Å². The molecule has 0 fully saturated rings. The van der Waals surface area contributed by atoms with E-state index in [9.17, 15) is 13.5 Å². The maximum absolute atomic E-state index is 12.7. The number of terminal acetylenes is 1. The van der Waals surface area contributed by atoms with Gasteiger partial charge < -0.3 is 5.11 Å². The van der Waals surface area contributed by atoms with Crippen molar-refractivity contribution in [3.8, 4) is 12.3 Å². The molecule has 4 nitrogen and oxygen atoms in total. The quantitative estimate of drug-likeness (QED) is 0.741. The topological polar surface area (TPSA) is 66.4 Å². The summed E-state index contributed by atoms with van der Waals surface area (Å²) in [6, 6.07) is 13.3. The molecule has 1 atom stereocenters. The van der Waals surface area contributed by atoms with Crippen LogP contribution in [0.25, 0.3) is 0 Å². The summed E-state index contributed by atoms with van der Waals surface area (Å²) >= 11 is 0. The highest BCUT2D eigenvalue weighted by Gasteiger charge is 2.30. The summed E-state index contributed by atoms with van der Waals surface area (Å²) in [6.45, 7) is 3.89. The van der Waals surface area contributed by atoms with Crippen molar-refractivity contribution in [2.45, 2.75) is 43.6 Å². The second kappa shape index (κ2) is 7.73. The molecule has 0 saturated carbocycles. The highest BCUT2D eigenvalue weighted by molar-refractivity contribution is 7.92. The van der Waals surface area contributed by atoms with Crippen LogP contribution in [-0.4, -0.2) is 13.5 Å². The van der Waals surface area contributed by atoms with Crippen LogP contribution in [0.15, 0.2) is 53.4 Å². The van der Waals surface area contributed by atoms with Gasteiger partial charge in [-0.15, -0.1) is 6.42 Å². The highest BCUT2D eigenvalue weighted by atomic mass is 32.2. The monoisotopic (exact) mass is 357 g/mol. The SMILES string of the molecule is C#CC(O)(CCCC)c1ccccc1NS(=O)(=O)c1ccc(C)cc1. The lowest BCUT2D eigenvalue weighted by Crippen LogP contribution is -2.26. The summed E-state index contributed by atoms with van der Waals surface area (Å²) < 4.78 is 27.9. The minimum Gasteiger partial charge on any atom is -0.373 e. The number of para-hydroxylation sites is 1. The summed E-state index contributed by atoms with van der Waals surface area (Å²) in [5, 5.41) is 10.8. The summed E-state index contributed by atoms with van der Waals surface area (Å²) in [6.07, 6.45) is 7.54. The Kier molecular flexibility index (Phi) is 5.89. The number of hydrogen-bond donors (Lipinski definition) is 2. The maximum atomic E-state index is 12.7. The number of benzene rings is 2. The molecule has 0 aromatic heterocycles. The number of anilines is 1. The van der Waals surface area contributed by atoms with Crippen molar-refractivity contribution in [1.82, 2.24) is 0 Å². The Balaban J connectivity index is 2.41. The average molecular weight is 357 g/mol. The number of aryl methyl sites for hydroxylation is 1. The smallest absolute Gasteiger partial charge is 0.261 e. The summed E-state index contributed by atoms with van der Waals surface area (Å²) in [5.41, 5.74) is 0.143. The molecule has 0 aliphatic carbocycles. The van der Waals surface area contributed by atoms with Gasteiger partial charge in [-0.25, -0.2) is 8.42 Å². The van der Waals surface area contributed by atoms with E-state index in [1.165, 1.54) is 0 Å². The molecule has 25 heavy (non-hydrogen) atoms. The van der Waals surface area contributed by atoms with E-state index < -0.39 is 15.6 Å². The molecule has 1 unspecified atom stereocenters. The Bertz CT molecular complexity index is 867. The van der Waals surface area contributed by atoms with Crippen molar-refractivity contribution < 1.29 is 13.5 Å². The third kappa shape index (κ3) is 4.41. The summed E-state index contributed by atoms with van der Waals surface area (Å²) in [5.74, 6) is 2.42. The zero-order valence-electron chi connectivity index (χ0n) is 14.5. The molecule has 0 amide bonds. The fraction of sp³-hybridized carbons (Fsp3) is 0.300. The Morgan fingerprint density at radius 3 is 2.40 bits per heavy atom. The fourth-order valence-electron chi connectivity index (χ4n) is 2.57. The number of sulfonamides is 1. The predicted molar refractivity (Wildman–Crippen MR) is 101 cm³/mol. The lowest BCUT2D eigenvalue weighted by atomic mass is 9.88. The molecule has 0 bridgehead atoms. The molecule has 2 N–H and O–H groups in total. The van der Waals surface area contributed by atoms with Gasteiger partial charge in [0.1, 0.15) is 0 Å². The molecule has 0 aliphatic heterocycles. The largest absolute Gasteiger partial charge is 0.373 e. The van der Waals surface area contributed by atoms with E-state index in [4.69, 9.17) is 6.42 Å². The molecule has 2 rings (SSSR count). The van der Waals surface area contributed by atoms with Crippen molar-refractivity contribution in [3.63, 3.8) is 0 Å². The maximum Gasteiger partial charge on any atom is 0.261 e. The molecule has 132 valence electrons. The third-order valence-corrected chi connectivity index (χ3v) is 5.46. The molecule has 2 aromatic carbocycles. The summed E-state index contributed by atoms with van der Waals surface area (Å²) in [7, 11) is -3.77. The van der Waals surface area contributed by atoms with Gasteiger partial charge in [0.15, 0.2) is 5.60 Å².